The number of fused-ring (bicyclic) bond motifs is 1. The number of hydrogen-bond acceptors (Lipinski definition) is 5. The summed E-state index contributed by atoms with van der Waals surface area (Å²) in [7, 11) is 3.38. The molecule has 25 heavy (non-hydrogen) atoms. The number of aromatic amines is 1. The highest BCUT2D eigenvalue weighted by Crippen LogP contribution is 2.16. The summed E-state index contributed by atoms with van der Waals surface area (Å²) in [5.41, 5.74) is 5.54. The van der Waals surface area contributed by atoms with Crippen LogP contribution in [-0.2, 0) is 17.9 Å². The lowest BCUT2D eigenvalue weighted by atomic mass is 10.1. The number of carbonyl (C=O) groups is 1. The predicted molar refractivity (Wildman–Crippen MR) is 94.1 cm³/mol. The number of nitrogens with one attached hydrogen (secondary N) is 1. The maximum absolute atomic E-state index is 12.7. The molecule has 1 N–H and O–H groups in total. The van der Waals surface area contributed by atoms with Crippen LogP contribution in [0.15, 0.2) is 24.3 Å². The third-order valence-corrected chi connectivity index (χ3v) is 4.05. The third kappa shape index (κ3) is 3.66. The topological polar surface area (TPSA) is 84.0 Å². The van der Waals surface area contributed by atoms with Gasteiger partial charge in [0.1, 0.15) is 0 Å². The van der Waals surface area contributed by atoms with Crippen molar-refractivity contribution in [2.45, 2.75) is 27.0 Å². The van der Waals surface area contributed by atoms with Crippen molar-refractivity contribution in [2.75, 3.05) is 14.2 Å². The minimum Gasteiger partial charge on any atom is -0.378 e. The number of benzene rings is 1. The summed E-state index contributed by atoms with van der Waals surface area (Å²) in [6.07, 6.45) is 0. The number of carbonyl (C=O) groups excluding carboxylic acids is 1. The van der Waals surface area contributed by atoms with Crippen LogP contribution in [0.4, 0.5) is 0 Å². The van der Waals surface area contributed by atoms with Gasteiger partial charge in [0.05, 0.1) is 47.0 Å². The number of amides is 1. The molecule has 3 aromatic rings. The second-order valence-electron chi connectivity index (χ2n) is 6.08. The van der Waals surface area contributed by atoms with E-state index in [4.69, 9.17) is 4.74 Å². The number of rotatable bonds is 5. The Bertz CT molecular complexity index is 919. The third-order valence-electron chi connectivity index (χ3n) is 4.05. The van der Waals surface area contributed by atoms with Gasteiger partial charge in [0.25, 0.3) is 5.91 Å². The quantitative estimate of drug-likeness (QED) is 0.771. The zero-order valence-electron chi connectivity index (χ0n) is 14.8. The zero-order chi connectivity index (χ0) is 18.0. The Labute approximate surface area is 146 Å². The lowest BCUT2D eigenvalue weighted by molar-refractivity contribution is 0.0783. The van der Waals surface area contributed by atoms with Crippen molar-refractivity contribution in [3.8, 4) is 0 Å². The lowest BCUT2D eigenvalue weighted by Gasteiger charge is -2.16. The molecule has 0 atom stereocenters. The van der Waals surface area contributed by atoms with Crippen molar-refractivity contribution in [3.05, 3.63) is 52.6 Å². The number of nitrogens with zero attached hydrogens (tertiary/aromatic N) is 4. The number of methoxy groups -OCH3 is 1. The molecule has 0 aliphatic rings. The minimum atomic E-state index is -0.0789. The molecule has 0 unspecified atom stereocenters. The Morgan fingerprint density at radius 1 is 1.16 bits per heavy atom. The summed E-state index contributed by atoms with van der Waals surface area (Å²) in [5, 5.41) is 7.07. The molecule has 1 amide bonds. The van der Waals surface area contributed by atoms with Crippen LogP contribution in [-0.4, -0.2) is 45.1 Å². The fraction of sp³-hybridized carbons (Fsp3) is 0.333. The van der Waals surface area contributed by atoms with Gasteiger partial charge in [-0.2, -0.15) is 5.10 Å². The van der Waals surface area contributed by atoms with E-state index in [9.17, 15) is 4.79 Å². The largest absolute Gasteiger partial charge is 0.378 e. The predicted octanol–water partition coefficient (Wildman–Crippen LogP) is 2.39. The van der Waals surface area contributed by atoms with E-state index in [0.717, 1.165) is 33.8 Å². The SMILES string of the molecule is COCc1cc(CN(C)C(=O)c2ccc3nc(C)c(C)nc3c2)[nH]n1. The molecule has 0 radical (unpaired) electrons. The Kier molecular flexibility index (Phi) is 4.76. The summed E-state index contributed by atoms with van der Waals surface area (Å²) in [6, 6.07) is 7.30. The van der Waals surface area contributed by atoms with E-state index in [1.54, 1.807) is 31.2 Å². The molecule has 0 bridgehead atoms. The van der Waals surface area contributed by atoms with E-state index >= 15 is 0 Å². The highest BCUT2D eigenvalue weighted by atomic mass is 16.5. The van der Waals surface area contributed by atoms with Gasteiger partial charge in [-0.25, -0.2) is 9.97 Å². The molecule has 0 aliphatic carbocycles. The van der Waals surface area contributed by atoms with Gasteiger partial charge in [-0.3, -0.25) is 9.89 Å². The molecule has 0 saturated heterocycles. The smallest absolute Gasteiger partial charge is 0.254 e. The monoisotopic (exact) mass is 339 g/mol. The molecule has 130 valence electrons. The molecule has 2 heterocycles. The number of ether oxygens (including phenoxy) is 1. The summed E-state index contributed by atoms with van der Waals surface area (Å²) in [6.45, 7) is 4.72. The van der Waals surface area contributed by atoms with Gasteiger partial charge in [-0.05, 0) is 38.1 Å². The second-order valence-corrected chi connectivity index (χ2v) is 6.08. The first-order valence-corrected chi connectivity index (χ1v) is 8.00. The first kappa shape index (κ1) is 17.0. The van der Waals surface area contributed by atoms with Crippen molar-refractivity contribution >= 4 is 16.9 Å². The fourth-order valence-corrected chi connectivity index (χ4v) is 2.62. The summed E-state index contributed by atoms with van der Waals surface area (Å²) >= 11 is 0. The number of H-pyrrole nitrogens is 1. The summed E-state index contributed by atoms with van der Waals surface area (Å²) in [5.74, 6) is -0.0789. The Morgan fingerprint density at radius 2 is 1.88 bits per heavy atom. The normalized spacial score (nSPS) is 11.0. The van der Waals surface area contributed by atoms with Crippen LogP contribution in [0.25, 0.3) is 11.0 Å². The van der Waals surface area contributed by atoms with Crippen LogP contribution >= 0.6 is 0 Å². The Hall–Kier alpha value is -2.80. The number of hydrogen-bond donors (Lipinski definition) is 1. The molecule has 7 nitrogen and oxygen atoms in total. The fourth-order valence-electron chi connectivity index (χ4n) is 2.62. The molecule has 7 heteroatoms. The zero-order valence-corrected chi connectivity index (χ0v) is 14.8. The van der Waals surface area contributed by atoms with E-state index in [-0.39, 0.29) is 5.91 Å². The Morgan fingerprint density at radius 3 is 2.60 bits per heavy atom. The molecular weight excluding hydrogens is 318 g/mol. The lowest BCUT2D eigenvalue weighted by Crippen LogP contribution is -2.26. The van der Waals surface area contributed by atoms with Gasteiger partial charge in [0.2, 0.25) is 0 Å². The van der Waals surface area contributed by atoms with Gasteiger partial charge in [0.15, 0.2) is 0 Å². The highest BCUT2D eigenvalue weighted by Gasteiger charge is 2.15. The van der Waals surface area contributed by atoms with E-state index < -0.39 is 0 Å². The van der Waals surface area contributed by atoms with E-state index in [1.807, 2.05) is 26.0 Å². The first-order valence-electron chi connectivity index (χ1n) is 8.00. The van der Waals surface area contributed by atoms with Gasteiger partial charge in [-0.15, -0.1) is 0 Å². The van der Waals surface area contributed by atoms with Crippen LogP contribution < -0.4 is 0 Å². The van der Waals surface area contributed by atoms with Gasteiger partial charge in [-0.1, -0.05) is 0 Å². The van der Waals surface area contributed by atoms with Crippen molar-refractivity contribution < 1.29 is 9.53 Å². The van der Waals surface area contributed by atoms with Crippen molar-refractivity contribution in [1.82, 2.24) is 25.1 Å². The molecule has 2 aromatic heterocycles. The molecular formula is C18H21N5O2. The highest BCUT2D eigenvalue weighted by molar-refractivity contribution is 5.97. The summed E-state index contributed by atoms with van der Waals surface area (Å²) < 4.78 is 5.05. The van der Waals surface area contributed by atoms with Crippen LogP contribution in [0.3, 0.4) is 0 Å². The van der Waals surface area contributed by atoms with E-state index in [2.05, 4.69) is 20.2 Å². The molecule has 0 fully saturated rings. The van der Waals surface area contributed by atoms with Crippen molar-refractivity contribution in [1.29, 1.82) is 0 Å². The molecule has 1 aromatic carbocycles. The van der Waals surface area contributed by atoms with Crippen LogP contribution in [0.5, 0.6) is 0 Å². The van der Waals surface area contributed by atoms with Gasteiger partial charge in [0, 0.05) is 19.7 Å². The van der Waals surface area contributed by atoms with E-state index in [0.29, 0.717) is 18.7 Å². The average molecular weight is 339 g/mol. The van der Waals surface area contributed by atoms with Gasteiger partial charge < -0.3 is 9.64 Å². The molecule has 0 aliphatic heterocycles. The van der Waals surface area contributed by atoms with Crippen molar-refractivity contribution in [2.24, 2.45) is 0 Å². The van der Waals surface area contributed by atoms with Crippen LogP contribution in [0.2, 0.25) is 0 Å². The second kappa shape index (κ2) is 6.98. The molecule has 0 saturated carbocycles. The number of aromatic nitrogens is 4. The Balaban J connectivity index is 1.79. The first-order chi connectivity index (χ1) is 12.0. The van der Waals surface area contributed by atoms with Crippen LogP contribution in [0.1, 0.15) is 33.1 Å². The van der Waals surface area contributed by atoms with Crippen molar-refractivity contribution in [3.63, 3.8) is 0 Å². The maximum Gasteiger partial charge on any atom is 0.254 e. The standard InChI is InChI=1S/C18H21N5O2/c1-11-12(2)20-17-7-13(5-6-16(17)19-11)18(24)23(3)9-14-8-15(10-25-4)22-21-14/h5-8H,9-10H2,1-4H3,(H,21,22). The van der Waals surface area contributed by atoms with Crippen LogP contribution in [0, 0.1) is 13.8 Å². The molecule has 3 rings (SSSR count). The number of aryl methyl sites for hydroxylation is 2. The molecule has 0 spiro atoms. The average Bonchev–Trinajstić information content (AvgIpc) is 3.02. The van der Waals surface area contributed by atoms with Gasteiger partial charge >= 0.3 is 0 Å². The minimum absolute atomic E-state index is 0.0789. The summed E-state index contributed by atoms with van der Waals surface area (Å²) in [4.78, 5) is 23.4. The van der Waals surface area contributed by atoms with E-state index in [1.165, 1.54) is 0 Å². The maximum atomic E-state index is 12.7.